The van der Waals surface area contributed by atoms with Gasteiger partial charge in [-0.3, -0.25) is 4.99 Å². The van der Waals surface area contributed by atoms with E-state index >= 15 is 0 Å². The van der Waals surface area contributed by atoms with Crippen molar-refractivity contribution in [2.45, 2.75) is 20.8 Å². The lowest BCUT2D eigenvalue weighted by molar-refractivity contribution is 0.408. The largest absolute Gasteiger partial charge is 0.380 e. The van der Waals surface area contributed by atoms with Crippen LogP contribution in [0, 0.1) is 5.41 Å². The summed E-state index contributed by atoms with van der Waals surface area (Å²) in [6.45, 7) is 13.4. The summed E-state index contributed by atoms with van der Waals surface area (Å²) in [5.41, 5.74) is 6.92. The van der Waals surface area contributed by atoms with Crippen molar-refractivity contribution in [3.05, 3.63) is 30.7 Å². The molecule has 0 saturated carbocycles. The second kappa shape index (κ2) is 4.35. The molecule has 0 radical (unpaired) electrons. The fraction of sp³-hybridized carbons (Fsp3) is 0.333. The number of rotatable bonds is 3. The second-order valence-electron chi connectivity index (χ2n) is 4.43. The van der Waals surface area contributed by atoms with Gasteiger partial charge in [0.2, 0.25) is 0 Å². The van der Waals surface area contributed by atoms with Gasteiger partial charge in [-0.25, -0.2) is 0 Å². The highest BCUT2D eigenvalue weighted by Crippen LogP contribution is 2.27. The van der Waals surface area contributed by atoms with E-state index in [0.29, 0.717) is 17.1 Å². The Balaban J connectivity index is 3.39. The van der Waals surface area contributed by atoms with Gasteiger partial charge in [-0.05, 0) is 0 Å². The lowest BCUT2D eigenvalue weighted by Gasteiger charge is -2.19. The first kappa shape index (κ1) is 12.2. The van der Waals surface area contributed by atoms with E-state index in [1.807, 2.05) is 20.8 Å². The first-order valence-corrected chi connectivity index (χ1v) is 4.99. The number of aromatic nitrogens is 1. The van der Waals surface area contributed by atoms with Gasteiger partial charge >= 0.3 is 0 Å². The van der Waals surface area contributed by atoms with E-state index in [-0.39, 0.29) is 5.41 Å². The fourth-order valence-corrected chi connectivity index (χ4v) is 1.36. The van der Waals surface area contributed by atoms with E-state index in [4.69, 9.17) is 10.3 Å². The van der Waals surface area contributed by atoms with Crippen LogP contribution in [0.15, 0.2) is 28.9 Å². The third kappa shape index (κ3) is 2.21. The van der Waals surface area contributed by atoms with Crippen molar-refractivity contribution in [3.63, 3.8) is 0 Å². The van der Waals surface area contributed by atoms with Crippen LogP contribution < -0.4 is 5.73 Å². The van der Waals surface area contributed by atoms with Gasteiger partial charge in [0.1, 0.15) is 0 Å². The van der Waals surface area contributed by atoms with E-state index in [1.165, 1.54) is 6.20 Å². The third-order valence-corrected chi connectivity index (χ3v) is 2.11. The molecule has 86 valence electrons. The molecule has 0 fully saturated rings. The van der Waals surface area contributed by atoms with Crippen molar-refractivity contribution < 1.29 is 4.52 Å². The van der Waals surface area contributed by atoms with Crippen molar-refractivity contribution in [2.75, 3.05) is 5.73 Å². The number of nitrogen functional groups attached to an aromatic ring is 1. The summed E-state index contributed by atoms with van der Waals surface area (Å²) in [6.07, 6.45) is 3.09. The monoisotopic (exact) mass is 219 g/mol. The molecule has 0 aliphatic rings. The topological polar surface area (TPSA) is 64.4 Å². The molecule has 0 saturated heterocycles. The Morgan fingerprint density at radius 1 is 1.44 bits per heavy atom. The Kier molecular flexibility index (Phi) is 3.32. The normalized spacial score (nSPS) is 12.6. The molecule has 4 heteroatoms. The highest BCUT2D eigenvalue weighted by molar-refractivity contribution is 6.05. The van der Waals surface area contributed by atoms with Crippen LogP contribution in [-0.2, 0) is 0 Å². The Morgan fingerprint density at radius 3 is 2.50 bits per heavy atom. The number of hydrogen-bond acceptors (Lipinski definition) is 4. The summed E-state index contributed by atoms with van der Waals surface area (Å²) < 4.78 is 5.20. The summed E-state index contributed by atoms with van der Waals surface area (Å²) in [6, 6.07) is 0. The molecule has 0 aromatic carbocycles. The van der Waals surface area contributed by atoms with Crippen LogP contribution in [0.2, 0.25) is 0 Å². The van der Waals surface area contributed by atoms with Crippen LogP contribution in [-0.4, -0.2) is 10.9 Å². The van der Waals surface area contributed by atoms with Gasteiger partial charge in [0.25, 0.3) is 0 Å². The quantitative estimate of drug-likeness (QED) is 0.795. The molecular formula is C12H17N3O. The summed E-state index contributed by atoms with van der Waals surface area (Å²) >= 11 is 0. The maximum absolute atomic E-state index is 5.67. The molecule has 0 spiro atoms. The van der Waals surface area contributed by atoms with Crippen LogP contribution >= 0.6 is 0 Å². The number of aliphatic imine (C=N–C) groups is 1. The number of anilines is 1. The smallest absolute Gasteiger partial charge is 0.191 e. The molecule has 16 heavy (non-hydrogen) atoms. The molecule has 0 bridgehead atoms. The minimum absolute atomic E-state index is 0.183. The van der Waals surface area contributed by atoms with Gasteiger partial charge in [0.05, 0.1) is 11.3 Å². The molecule has 0 amide bonds. The highest BCUT2D eigenvalue weighted by atomic mass is 16.5. The zero-order valence-corrected chi connectivity index (χ0v) is 9.95. The standard InChI is InChI=1S/C12H17N3O/c1-6-8-9(16-15-11(8)13)10(14-7-2)12(3,4)5/h6-7H,1-2H2,3-5H3,(H2,13,15). The molecular weight excluding hydrogens is 202 g/mol. The van der Waals surface area contributed by atoms with Crippen molar-refractivity contribution in [1.82, 2.24) is 5.16 Å². The number of hydrogen-bond donors (Lipinski definition) is 1. The van der Waals surface area contributed by atoms with Crippen molar-refractivity contribution >= 4 is 17.6 Å². The molecule has 1 aromatic rings. The van der Waals surface area contributed by atoms with Gasteiger partial charge in [-0.1, -0.05) is 45.2 Å². The average molecular weight is 219 g/mol. The van der Waals surface area contributed by atoms with Crippen LogP contribution in [0.4, 0.5) is 5.82 Å². The predicted octanol–water partition coefficient (Wildman–Crippen LogP) is 2.88. The zero-order valence-electron chi connectivity index (χ0n) is 9.95. The summed E-state index contributed by atoms with van der Waals surface area (Å²) in [5.74, 6) is 0.880. The van der Waals surface area contributed by atoms with Crippen molar-refractivity contribution in [1.29, 1.82) is 0 Å². The second-order valence-corrected chi connectivity index (χ2v) is 4.43. The maximum Gasteiger partial charge on any atom is 0.191 e. The molecule has 2 N–H and O–H groups in total. The van der Waals surface area contributed by atoms with Crippen LogP contribution in [0.25, 0.3) is 6.08 Å². The Hall–Kier alpha value is -1.84. The Morgan fingerprint density at radius 2 is 2.06 bits per heavy atom. The lowest BCUT2D eigenvalue weighted by Crippen LogP contribution is -2.21. The van der Waals surface area contributed by atoms with Crippen molar-refractivity contribution in [2.24, 2.45) is 10.4 Å². The minimum Gasteiger partial charge on any atom is -0.380 e. The molecule has 1 rings (SSSR count). The van der Waals surface area contributed by atoms with E-state index in [1.54, 1.807) is 6.08 Å². The molecule has 0 aliphatic carbocycles. The Labute approximate surface area is 95.5 Å². The predicted molar refractivity (Wildman–Crippen MR) is 67.2 cm³/mol. The highest BCUT2D eigenvalue weighted by Gasteiger charge is 2.27. The van der Waals surface area contributed by atoms with E-state index < -0.39 is 0 Å². The summed E-state index contributed by atoms with van der Waals surface area (Å²) in [7, 11) is 0. The van der Waals surface area contributed by atoms with Gasteiger partial charge in [-0.2, -0.15) is 0 Å². The SMILES string of the molecule is C=CN=C(c1onc(N)c1C=C)C(C)(C)C. The Bertz CT molecular complexity index is 436. The third-order valence-electron chi connectivity index (χ3n) is 2.11. The maximum atomic E-state index is 5.67. The van der Waals surface area contributed by atoms with E-state index in [9.17, 15) is 0 Å². The van der Waals surface area contributed by atoms with Gasteiger partial charge in [0.15, 0.2) is 11.6 Å². The molecule has 0 atom stereocenters. The van der Waals surface area contributed by atoms with Crippen molar-refractivity contribution in [3.8, 4) is 0 Å². The minimum atomic E-state index is -0.183. The van der Waals surface area contributed by atoms with Gasteiger partial charge < -0.3 is 10.3 Å². The number of nitrogens with two attached hydrogens (primary N) is 1. The van der Waals surface area contributed by atoms with Crippen LogP contribution in [0.5, 0.6) is 0 Å². The molecule has 1 heterocycles. The molecule has 1 aromatic heterocycles. The first-order valence-electron chi connectivity index (χ1n) is 4.99. The fourth-order valence-electron chi connectivity index (χ4n) is 1.36. The van der Waals surface area contributed by atoms with Gasteiger partial charge in [-0.15, -0.1) is 0 Å². The van der Waals surface area contributed by atoms with E-state index in [2.05, 4.69) is 23.3 Å². The van der Waals surface area contributed by atoms with Crippen LogP contribution in [0.1, 0.15) is 32.1 Å². The molecule has 0 unspecified atom stereocenters. The summed E-state index contributed by atoms with van der Waals surface area (Å²) in [4.78, 5) is 4.23. The zero-order chi connectivity index (χ0) is 12.3. The lowest BCUT2D eigenvalue weighted by atomic mass is 9.87. The summed E-state index contributed by atoms with van der Waals surface area (Å²) in [5, 5.41) is 3.72. The molecule has 0 aliphatic heterocycles. The average Bonchev–Trinajstić information content (AvgIpc) is 2.54. The van der Waals surface area contributed by atoms with Crippen LogP contribution in [0.3, 0.4) is 0 Å². The first-order chi connectivity index (χ1) is 7.41. The van der Waals surface area contributed by atoms with Gasteiger partial charge in [0, 0.05) is 11.6 Å². The van der Waals surface area contributed by atoms with E-state index in [0.717, 1.165) is 5.71 Å². The number of nitrogens with zero attached hydrogens (tertiary/aromatic N) is 2. The molecule has 4 nitrogen and oxygen atoms in total.